The molecule has 1 aromatic rings. The van der Waals surface area contributed by atoms with Gasteiger partial charge in [-0.15, -0.1) is 11.3 Å². The molecule has 1 unspecified atom stereocenters. The number of aryl methyl sites for hydroxylation is 1. The van der Waals surface area contributed by atoms with Crippen LogP contribution in [0.4, 0.5) is 9.52 Å². The van der Waals surface area contributed by atoms with E-state index in [0.717, 1.165) is 17.7 Å². The molecule has 1 aromatic heterocycles. The first-order valence-electron chi connectivity index (χ1n) is 4.17. The summed E-state index contributed by atoms with van der Waals surface area (Å²) < 4.78 is 12.3. The molecule has 0 saturated heterocycles. The number of hydrogen-bond acceptors (Lipinski definition) is 3. The predicted molar refractivity (Wildman–Crippen MR) is 55.5 cm³/mol. The second-order valence-electron chi connectivity index (χ2n) is 2.67. The van der Waals surface area contributed by atoms with Crippen LogP contribution < -0.4 is 5.32 Å². The van der Waals surface area contributed by atoms with Crippen LogP contribution in [0.25, 0.3) is 0 Å². The molecule has 0 fully saturated rings. The maximum Gasteiger partial charge on any atom is 0.276 e. The van der Waals surface area contributed by atoms with Crippen molar-refractivity contribution in [2.45, 2.75) is 25.4 Å². The normalized spacial score (nSPS) is 12.5. The second kappa shape index (κ2) is 5.26. The molecule has 0 aliphatic carbocycles. The Morgan fingerprint density at radius 3 is 3.14 bits per heavy atom. The highest BCUT2D eigenvalue weighted by molar-refractivity contribution is 7.15. The lowest BCUT2D eigenvalue weighted by atomic mass is 10.3. The van der Waals surface area contributed by atoms with E-state index in [4.69, 9.17) is 11.6 Å². The van der Waals surface area contributed by atoms with Crippen LogP contribution in [-0.2, 0) is 11.2 Å². The fourth-order valence-electron chi connectivity index (χ4n) is 0.887. The van der Waals surface area contributed by atoms with Crippen molar-refractivity contribution in [3.05, 3.63) is 11.1 Å². The number of carbonyl (C=O) groups is 1. The third kappa shape index (κ3) is 3.23. The summed E-state index contributed by atoms with van der Waals surface area (Å²) in [7, 11) is 0. The Balaban J connectivity index is 2.55. The maximum atomic E-state index is 12.3. The molecule has 78 valence electrons. The third-order valence-corrected chi connectivity index (χ3v) is 2.65. The highest BCUT2D eigenvalue weighted by atomic mass is 35.5. The molecule has 1 heterocycles. The highest BCUT2D eigenvalue weighted by Crippen LogP contribution is 2.19. The largest absolute Gasteiger partial charge is 0.298 e. The van der Waals surface area contributed by atoms with E-state index in [1.54, 1.807) is 6.20 Å². The third-order valence-electron chi connectivity index (χ3n) is 1.48. The van der Waals surface area contributed by atoms with Crippen molar-refractivity contribution < 1.29 is 9.18 Å². The molecule has 1 N–H and O–H groups in total. The van der Waals surface area contributed by atoms with Crippen LogP contribution in [0.3, 0.4) is 0 Å². The molecule has 14 heavy (non-hydrogen) atoms. The van der Waals surface area contributed by atoms with Crippen molar-refractivity contribution in [3.8, 4) is 0 Å². The van der Waals surface area contributed by atoms with Crippen LogP contribution in [0.1, 0.15) is 18.2 Å². The fraction of sp³-hybridized carbons (Fsp3) is 0.500. The summed E-state index contributed by atoms with van der Waals surface area (Å²) in [6, 6.07) is 0. The van der Waals surface area contributed by atoms with Gasteiger partial charge in [0.2, 0.25) is 0 Å². The smallest absolute Gasteiger partial charge is 0.276 e. The predicted octanol–water partition coefficient (Wildman–Crippen LogP) is 2.57. The van der Waals surface area contributed by atoms with Crippen molar-refractivity contribution >= 4 is 34.0 Å². The number of hydrogen-bond donors (Lipinski definition) is 1. The number of anilines is 1. The van der Waals surface area contributed by atoms with Gasteiger partial charge in [-0.1, -0.05) is 24.9 Å². The molecular weight excluding hydrogens is 227 g/mol. The Labute approximate surface area is 90.3 Å². The number of nitrogens with one attached hydrogen (secondary N) is 1. The van der Waals surface area contributed by atoms with Crippen molar-refractivity contribution in [3.63, 3.8) is 0 Å². The van der Waals surface area contributed by atoms with Crippen molar-refractivity contribution in [1.29, 1.82) is 0 Å². The minimum atomic E-state index is -2.02. The molecule has 0 saturated carbocycles. The Bertz CT molecular complexity index is 316. The lowest BCUT2D eigenvalue weighted by Gasteiger charge is -1.98. The van der Waals surface area contributed by atoms with Crippen molar-refractivity contribution in [2.24, 2.45) is 0 Å². The van der Waals surface area contributed by atoms with Crippen LogP contribution in [0, 0.1) is 0 Å². The summed E-state index contributed by atoms with van der Waals surface area (Å²) in [5.74, 6) is -0.871. The topological polar surface area (TPSA) is 42.0 Å². The van der Waals surface area contributed by atoms with Gasteiger partial charge >= 0.3 is 0 Å². The average molecular weight is 237 g/mol. The lowest BCUT2D eigenvalue weighted by Crippen LogP contribution is -2.18. The quantitative estimate of drug-likeness (QED) is 0.817. The number of aromatic nitrogens is 1. The summed E-state index contributed by atoms with van der Waals surface area (Å²) >= 11 is 6.28. The second-order valence-corrected chi connectivity index (χ2v) is 4.17. The van der Waals surface area contributed by atoms with Crippen LogP contribution in [-0.4, -0.2) is 16.5 Å². The number of rotatable bonds is 4. The first kappa shape index (κ1) is 11.4. The summed E-state index contributed by atoms with van der Waals surface area (Å²) in [5, 5.41) is 2.67. The summed E-state index contributed by atoms with van der Waals surface area (Å²) in [6.45, 7) is 2.05. The van der Waals surface area contributed by atoms with Gasteiger partial charge in [-0.05, 0) is 6.42 Å². The van der Waals surface area contributed by atoms with Gasteiger partial charge in [0.25, 0.3) is 11.5 Å². The van der Waals surface area contributed by atoms with Crippen LogP contribution in [0.5, 0.6) is 0 Å². The Hall–Kier alpha value is -0.680. The zero-order valence-electron chi connectivity index (χ0n) is 7.59. The molecule has 0 bridgehead atoms. The maximum absolute atomic E-state index is 12.3. The summed E-state index contributed by atoms with van der Waals surface area (Å²) in [5.41, 5.74) is -2.02. The monoisotopic (exact) mass is 236 g/mol. The van der Waals surface area contributed by atoms with Gasteiger partial charge in [0, 0.05) is 11.1 Å². The molecule has 0 radical (unpaired) electrons. The van der Waals surface area contributed by atoms with Gasteiger partial charge in [0.1, 0.15) is 0 Å². The Morgan fingerprint density at radius 2 is 2.57 bits per heavy atom. The minimum absolute atomic E-state index is 0.391. The van der Waals surface area contributed by atoms with Gasteiger partial charge in [-0.3, -0.25) is 10.1 Å². The van der Waals surface area contributed by atoms with Crippen molar-refractivity contribution in [1.82, 2.24) is 4.98 Å². The van der Waals surface area contributed by atoms with E-state index >= 15 is 0 Å². The van der Waals surface area contributed by atoms with E-state index in [1.165, 1.54) is 11.3 Å². The van der Waals surface area contributed by atoms with E-state index in [0.29, 0.717) is 5.13 Å². The lowest BCUT2D eigenvalue weighted by molar-refractivity contribution is -0.118. The van der Waals surface area contributed by atoms with E-state index in [9.17, 15) is 9.18 Å². The molecule has 3 nitrogen and oxygen atoms in total. The van der Waals surface area contributed by atoms with Gasteiger partial charge < -0.3 is 0 Å². The molecular formula is C8H10ClFN2OS. The first-order valence-corrected chi connectivity index (χ1v) is 5.42. The zero-order valence-corrected chi connectivity index (χ0v) is 9.16. The number of halogens is 2. The van der Waals surface area contributed by atoms with Gasteiger partial charge in [0.05, 0.1) is 0 Å². The number of nitrogens with zero attached hydrogens (tertiary/aromatic N) is 1. The van der Waals surface area contributed by atoms with Crippen LogP contribution in [0.15, 0.2) is 6.20 Å². The molecule has 0 aliphatic rings. The fourth-order valence-corrected chi connectivity index (χ4v) is 1.86. The molecule has 0 spiro atoms. The number of amides is 1. The van der Waals surface area contributed by atoms with E-state index < -0.39 is 11.5 Å². The zero-order chi connectivity index (χ0) is 10.6. The molecule has 0 aliphatic heterocycles. The van der Waals surface area contributed by atoms with Gasteiger partial charge in [-0.25, -0.2) is 9.37 Å². The van der Waals surface area contributed by atoms with Gasteiger partial charge in [0.15, 0.2) is 5.13 Å². The molecule has 6 heteroatoms. The summed E-state index contributed by atoms with van der Waals surface area (Å²) in [6.07, 6.45) is 3.59. The Morgan fingerprint density at radius 1 is 1.86 bits per heavy atom. The molecule has 1 rings (SSSR count). The minimum Gasteiger partial charge on any atom is -0.298 e. The average Bonchev–Trinajstić information content (AvgIpc) is 2.53. The standard InChI is InChI=1S/C8H10ClFN2OS/c1-2-3-5-4-11-8(14-5)12-7(13)6(9)10/h4,6H,2-3H2,1H3,(H,11,12,13). The molecule has 1 amide bonds. The van der Waals surface area contributed by atoms with Crippen LogP contribution in [0.2, 0.25) is 0 Å². The van der Waals surface area contributed by atoms with E-state index in [-0.39, 0.29) is 0 Å². The van der Waals surface area contributed by atoms with Crippen LogP contribution >= 0.6 is 22.9 Å². The number of thiazole rings is 1. The first-order chi connectivity index (χ1) is 6.63. The number of carbonyl (C=O) groups excluding carboxylic acids is 1. The van der Waals surface area contributed by atoms with E-state index in [1.807, 2.05) is 6.92 Å². The van der Waals surface area contributed by atoms with Crippen molar-refractivity contribution in [2.75, 3.05) is 5.32 Å². The highest BCUT2D eigenvalue weighted by Gasteiger charge is 2.14. The van der Waals surface area contributed by atoms with E-state index in [2.05, 4.69) is 10.3 Å². The summed E-state index contributed by atoms with van der Waals surface area (Å²) in [4.78, 5) is 15.8. The SMILES string of the molecule is CCCc1cnc(NC(=O)C(F)Cl)s1. The number of alkyl halides is 2. The Kier molecular flexibility index (Phi) is 4.28. The molecule has 0 aromatic carbocycles. The molecule has 1 atom stereocenters. The van der Waals surface area contributed by atoms with Gasteiger partial charge in [-0.2, -0.15) is 0 Å².